The van der Waals surface area contributed by atoms with Gasteiger partial charge in [-0.15, -0.1) is 0 Å². The predicted molar refractivity (Wildman–Crippen MR) is 107 cm³/mol. The first kappa shape index (κ1) is 20.4. The van der Waals surface area contributed by atoms with Crippen molar-refractivity contribution in [1.29, 1.82) is 0 Å². The van der Waals surface area contributed by atoms with Crippen molar-refractivity contribution in [2.24, 2.45) is 0 Å². The SMILES string of the molecule is Cc1ccc(C)c(C(=O)CCC(=O)NCC(=O)Nc2cccc(C)c2C)c1. The Balaban J connectivity index is 1.80. The van der Waals surface area contributed by atoms with Crippen LogP contribution in [0.2, 0.25) is 0 Å². The average molecular weight is 366 g/mol. The van der Waals surface area contributed by atoms with Gasteiger partial charge >= 0.3 is 0 Å². The van der Waals surface area contributed by atoms with Crippen LogP contribution in [0.15, 0.2) is 36.4 Å². The first-order chi connectivity index (χ1) is 12.8. The van der Waals surface area contributed by atoms with Gasteiger partial charge in [-0.3, -0.25) is 14.4 Å². The summed E-state index contributed by atoms with van der Waals surface area (Å²) in [7, 11) is 0. The van der Waals surface area contributed by atoms with Gasteiger partial charge in [0.2, 0.25) is 11.8 Å². The Morgan fingerprint density at radius 3 is 2.33 bits per heavy atom. The molecule has 0 fully saturated rings. The molecule has 2 amide bonds. The summed E-state index contributed by atoms with van der Waals surface area (Å²) in [4.78, 5) is 36.3. The average Bonchev–Trinajstić information content (AvgIpc) is 2.63. The topological polar surface area (TPSA) is 75.3 Å². The number of ketones is 1. The number of carbonyl (C=O) groups is 3. The molecule has 0 atom stereocenters. The normalized spacial score (nSPS) is 10.4. The van der Waals surface area contributed by atoms with E-state index in [-0.39, 0.29) is 37.0 Å². The number of carbonyl (C=O) groups excluding carboxylic acids is 3. The summed E-state index contributed by atoms with van der Waals surface area (Å²) in [6.07, 6.45) is 0.178. The van der Waals surface area contributed by atoms with Crippen LogP contribution in [0, 0.1) is 27.7 Å². The molecule has 0 radical (unpaired) electrons. The first-order valence-electron chi connectivity index (χ1n) is 9.01. The largest absolute Gasteiger partial charge is 0.347 e. The minimum Gasteiger partial charge on any atom is -0.347 e. The summed E-state index contributed by atoms with van der Waals surface area (Å²) in [6, 6.07) is 11.4. The van der Waals surface area contributed by atoms with Crippen LogP contribution in [0.25, 0.3) is 0 Å². The van der Waals surface area contributed by atoms with Crippen LogP contribution in [-0.2, 0) is 9.59 Å². The molecule has 0 saturated carbocycles. The summed E-state index contributed by atoms with van der Waals surface area (Å²) in [5.74, 6) is -0.672. The van der Waals surface area contributed by atoms with Crippen molar-refractivity contribution < 1.29 is 14.4 Å². The third-order valence-electron chi connectivity index (χ3n) is 4.60. The number of amides is 2. The molecule has 2 aromatic rings. The smallest absolute Gasteiger partial charge is 0.243 e. The highest BCUT2D eigenvalue weighted by atomic mass is 16.2. The summed E-state index contributed by atoms with van der Waals surface area (Å²) >= 11 is 0. The lowest BCUT2D eigenvalue weighted by atomic mass is 9.99. The molecule has 2 rings (SSSR count). The van der Waals surface area contributed by atoms with Gasteiger partial charge in [-0.25, -0.2) is 0 Å². The molecule has 0 aliphatic carbocycles. The van der Waals surface area contributed by atoms with Gasteiger partial charge in [-0.2, -0.15) is 0 Å². The Labute approximate surface area is 160 Å². The number of anilines is 1. The van der Waals surface area contributed by atoms with E-state index in [9.17, 15) is 14.4 Å². The van der Waals surface area contributed by atoms with Crippen molar-refractivity contribution in [1.82, 2.24) is 5.32 Å². The molecular weight excluding hydrogens is 340 g/mol. The Kier molecular flexibility index (Phi) is 6.88. The quantitative estimate of drug-likeness (QED) is 0.735. The molecule has 0 spiro atoms. The maximum atomic E-state index is 12.3. The van der Waals surface area contributed by atoms with Gasteiger partial charge in [-0.1, -0.05) is 29.8 Å². The van der Waals surface area contributed by atoms with E-state index in [1.807, 2.05) is 64.1 Å². The number of nitrogens with one attached hydrogen (secondary N) is 2. The van der Waals surface area contributed by atoms with Crippen LogP contribution < -0.4 is 10.6 Å². The van der Waals surface area contributed by atoms with Gasteiger partial charge < -0.3 is 10.6 Å². The second kappa shape index (κ2) is 9.12. The van der Waals surface area contributed by atoms with E-state index in [2.05, 4.69) is 10.6 Å². The Hall–Kier alpha value is -2.95. The van der Waals surface area contributed by atoms with Crippen LogP contribution in [-0.4, -0.2) is 24.1 Å². The van der Waals surface area contributed by atoms with Crippen molar-refractivity contribution in [2.45, 2.75) is 40.5 Å². The monoisotopic (exact) mass is 366 g/mol. The number of aryl methyl sites for hydroxylation is 3. The molecule has 0 heterocycles. The van der Waals surface area contributed by atoms with Gasteiger partial charge in [0.05, 0.1) is 6.54 Å². The maximum Gasteiger partial charge on any atom is 0.243 e. The highest BCUT2D eigenvalue weighted by Gasteiger charge is 2.13. The molecule has 0 unspecified atom stereocenters. The summed E-state index contributed by atoms with van der Waals surface area (Å²) in [6.45, 7) is 7.59. The summed E-state index contributed by atoms with van der Waals surface area (Å²) in [5, 5.41) is 5.36. The maximum absolute atomic E-state index is 12.3. The van der Waals surface area contributed by atoms with Crippen molar-refractivity contribution in [2.75, 3.05) is 11.9 Å². The van der Waals surface area contributed by atoms with Crippen LogP contribution in [0.4, 0.5) is 5.69 Å². The van der Waals surface area contributed by atoms with E-state index < -0.39 is 0 Å². The van der Waals surface area contributed by atoms with Crippen LogP contribution >= 0.6 is 0 Å². The number of hydrogen-bond donors (Lipinski definition) is 2. The lowest BCUT2D eigenvalue weighted by Crippen LogP contribution is -2.33. The third kappa shape index (κ3) is 5.78. The highest BCUT2D eigenvalue weighted by molar-refractivity contribution is 6.00. The molecule has 0 bridgehead atoms. The van der Waals surface area contributed by atoms with Gasteiger partial charge in [0.1, 0.15) is 0 Å². The fraction of sp³-hybridized carbons (Fsp3) is 0.318. The van der Waals surface area contributed by atoms with Crippen molar-refractivity contribution >= 4 is 23.3 Å². The molecule has 2 aromatic carbocycles. The number of rotatable bonds is 7. The van der Waals surface area contributed by atoms with Crippen LogP contribution in [0.5, 0.6) is 0 Å². The molecule has 0 aliphatic heterocycles. The molecule has 0 saturated heterocycles. The van der Waals surface area contributed by atoms with Gasteiger partial charge in [-0.05, 0) is 56.5 Å². The van der Waals surface area contributed by atoms with Gasteiger partial charge in [0.25, 0.3) is 0 Å². The van der Waals surface area contributed by atoms with Crippen LogP contribution in [0.1, 0.15) is 45.5 Å². The standard InChI is InChI=1S/C22H26N2O3/c1-14-8-9-16(3)18(12-14)20(25)10-11-21(26)23-13-22(27)24-19-7-5-6-15(2)17(19)4/h5-9,12H,10-11,13H2,1-4H3,(H,23,26)(H,24,27). The molecule has 0 aliphatic rings. The van der Waals surface area contributed by atoms with Crippen LogP contribution in [0.3, 0.4) is 0 Å². The molecule has 5 nitrogen and oxygen atoms in total. The fourth-order valence-electron chi connectivity index (χ4n) is 2.75. The zero-order valence-electron chi connectivity index (χ0n) is 16.3. The molecule has 0 aromatic heterocycles. The zero-order valence-corrected chi connectivity index (χ0v) is 16.3. The van der Waals surface area contributed by atoms with Gasteiger partial charge in [0, 0.05) is 24.1 Å². The number of benzene rings is 2. The Morgan fingerprint density at radius 1 is 0.852 bits per heavy atom. The minimum atomic E-state index is -0.315. The summed E-state index contributed by atoms with van der Waals surface area (Å²) < 4.78 is 0. The molecule has 5 heteroatoms. The van der Waals surface area contributed by atoms with E-state index in [0.29, 0.717) is 5.56 Å². The Morgan fingerprint density at radius 2 is 1.59 bits per heavy atom. The first-order valence-corrected chi connectivity index (χ1v) is 9.01. The predicted octanol–water partition coefficient (Wildman–Crippen LogP) is 3.64. The molecule has 27 heavy (non-hydrogen) atoms. The van der Waals surface area contributed by atoms with Crippen molar-refractivity contribution in [3.8, 4) is 0 Å². The van der Waals surface area contributed by atoms with E-state index in [4.69, 9.17) is 0 Å². The zero-order chi connectivity index (χ0) is 20.0. The second-order valence-corrected chi connectivity index (χ2v) is 6.81. The Bertz CT molecular complexity index is 872. The van der Waals surface area contributed by atoms with Crippen molar-refractivity contribution in [3.63, 3.8) is 0 Å². The summed E-state index contributed by atoms with van der Waals surface area (Å²) in [5.41, 5.74) is 5.38. The minimum absolute atomic E-state index is 0.0585. The number of Topliss-reactive ketones (excluding diaryl/α,β-unsaturated/α-hetero) is 1. The second-order valence-electron chi connectivity index (χ2n) is 6.81. The molecule has 2 N–H and O–H groups in total. The van der Waals surface area contributed by atoms with E-state index >= 15 is 0 Å². The van der Waals surface area contributed by atoms with Crippen molar-refractivity contribution in [3.05, 3.63) is 64.2 Å². The lowest BCUT2D eigenvalue weighted by molar-refractivity contribution is -0.124. The van der Waals surface area contributed by atoms with E-state index in [1.165, 1.54) is 0 Å². The third-order valence-corrected chi connectivity index (χ3v) is 4.60. The molecule has 142 valence electrons. The highest BCUT2D eigenvalue weighted by Crippen LogP contribution is 2.17. The fourth-order valence-corrected chi connectivity index (χ4v) is 2.75. The lowest BCUT2D eigenvalue weighted by Gasteiger charge is -2.11. The number of hydrogen-bond acceptors (Lipinski definition) is 3. The van der Waals surface area contributed by atoms with E-state index in [1.54, 1.807) is 0 Å². The molecular formula is C22H26N2O3. The van der Waals surface area contributed by atoms with E-state index in [0.717, 1.165) is 27.9 Å². The van der Waals surface area contributed by atoms with Gasteiger partial charge in [0.15, 0.2) is 5.78 Å².